The number of hydrogen-bond acceptors (Lipinski definition) is 5. The summed E-state index contributed by atoms with van der Waals surface area (Å²) in [5, 5.41) is 0.514. The zero-order valence-electron chi connectivity index (χ0n) is 15.8. The maximum atomic E-state index is 12.5. The molecule has 0 saturated carbocycles. The molecular formula is C19H27N3O4. The minimum atomic E-state index is -0.703. The Hall–Kier alpha value is -2.41. The van der Waals surface area contributed by atoms with E-state index in [9.17, 15) is 14.4 Å². The minimum Gasteiger partial charge on any atom is -0.459 e. The minimum absolute atomic E-state index is 0.289. The molecule has 142 valence electrons. The molecule has 0 aliphatic rings. The molecule has 7 heteroatoms. The van der Waals surface area contributed by atoms with Crippen LogP contribution in [0.25, 0.3) is 10.9 Å². The number of fused-ring (bicyclic) bond motifs is 1. The fraction of sp³-hybridized carbons (Fsp3) is 0.526. The summed E-state index contributed by atoms with van der Waals surface area (Å²) in [4.78, 5) is 36.8. The molecule has 0 aliphatic heterocycles. The number of para-hydroxylation sites is 1. The zero-order chi connectivity index (χ0) is 19.5. The summed E-state index contributed by atoms with van der Waals surface area (Å²) in [5.74, 6) is -0.434. The Balaban J connectivity index is 2.02. The van der Waals surface area contributed by atoms with Crippen molar-refractivity contribution in [1.82, 2.24) is 9.13 Å². The molecule has 0 bridgehead atoms. The number of carbonyl (C=O) groups excluding carboxylic acids is 1. The van der Waals surface area contributed by atoms with Crippen molar-refractivity contribution in [3.8, 4) is 0 Å². The van der Waals surface area contributed by atoms with E-state index in [0.717, 1.165) is 0 Å². The second kappa shape index (κ2) is 7.86. The van der Waals surface area contributed by atoms with Gasteiger partial charge in [0.15, 0.2) is 0 Å². The van der Waals surface area contributed by atoms with E-state index in [-0.39, 0.29) is 17.8 Å². The van der Waals surface area contributed by atoms with Gasteiger partial charge in [0.1, 0.15) is 11.6 Å². The second-order valence-corrected chi connectivity index (χ2v) is 7.45. The van der Waals surface area contributed by atoms with Crippen molar-refractivity contribution in [1.29, 1.82) is 0 Å². The molecule has 1 aromatic carbocycles. The fourth-order valence-electron chi connectivity index (χ4n) is 2.79. The normalized spacial score (nSPS) is 13.0. The number of rotatable bonds is 6. The van der Waals surface area contributed by atoms with Gasteiger partial charge in [0, 0.05) is 13.6 Å². The van der Waals surface area contributed by atoms with Gasteiger partial charge < -0.3 is 10.5 Å². The summed E-state index contributed by atoms with van der Waals surface area (Å²) in [6, 6.07) is 6.33. The maximum absolute atomic E-state index is 12.5. The van der Waals surface area contributed by atoms with Crippen molar-refractivity contribution >= 4 is 16.9 Å². The lowest BCUT2D eigenvalue weighted by atomic mass is 10.1. The van der Waals surface area contributed by atoms with Crippen molar-refractivity contribution in [2.24, 2.45) is 12.8 Å². The molecular weight excluding hydrogens is 334 g/mol. The summed E-state index contributed by atoms with van der Waals surface area (Å²) >= 11 is 0. The molecule has 2 rings (SSSR count). The number of nitrogens with zero attached hydrogens (tertiary/aromatic N) is 2. The van der Waals surface area contributed by atoms with Crippen LogP contribution in [-0.2, 0) is 23.1 Å². The number of carbonyl (C=O) groups is 1. The molecule has 1 atom stereocenters. The van der Waals surface area contributed by atoms with Gasteiger partial charge in [-0.2, -0.15) is 0 Å². The van der Waals surface area contributed by atoms with E-state index in [1.54, 1.807) is 52.1 Å². The number of aromatic nitrogens is 2. The van der Waals surface area contributed by atoms with Crippen molar-refractivity contribution in [3.05, 3.63) is 45.1 Å². The molecule has 0 saturated heterocycles. The Morgan fingerprint density at radius 2 is 1.85 bits per heavy atom. The molecule has 0 radical (unpaired) electrons. The third-order valence-electron chi connectivity index (χ3n) is 4.12. The van der Waals surface area contributed by atoms with Crippen LogP contribution in [0, 0.1) is 0 Å². The Morgan fingerprint density at radius 1 is 1.19 bits per heavy atom. The van der Waals surface area contributed by atoms with Crippen LogP contribution in [0.2, 0.25) is 0 Å². The van der Waals surface area contributed by atoms with Gasteiger partial charge >= 0.3 is 11.7 Å². The molecule has 26 heavy (non-hydrogen) atoms. The largest absolute Gasteiger partial charge is 0.459 e. The molecule has 2 N–H and O–H groups in total. The molecule has 1 unspecified atom stereocenters. The third kappa shape index (κ3) is 4.60. The monoisotopic (exact) mass is 361 g/mol. The number of aryl methyl sites for hydroxylation is 1. The highest BCUT2D eigenvalue weighted by Crippen LogP contribution is 2.11. The van der Waals surface area contributed by atoms with Crippen LogP contribution in [0.3, 0.4) is 0 Å². The number of nitrogens with two attached hydrogens (primary N) is 1. The van der Waals surface area contributed by atoms with E-state index in [1.807, 2.05) is 0 Å². The van der Waals surface area contributed by atoms with Crippen LogP contribution in [0.15, 0.2) is 33.9 Å². The van der Waals surface area contributed by atoms with Gasteiger partial charge in [0.2, 0.25) is 0 Å². The second-order valence-electron chi connectivity index (χ2n) is 7.45. The Kier molecular flexibility index (Phi) is 6.02. The van der Waals surface area contributed by atoms with Crippen LogP contribution in [-0.4, -0.2) is 26.7 Å². The molecule has 1 aromatic heterocycles. The van der Waals surface area contributed by atoms with Gasteiger partial charge in [-0.3, -0.25) is 18.7 Å². The zero-order valence-corrected chi connectivity index (χ0v) is 15.8. The lowest BCUT2D eigenvalue weighted by Crippen LogP contribution is -2.39. The third-order valence-corrected chi connectivity index (χ3v) is 4.12. The lowest BCUT2D eigenvalue weighted by Gasteiger charge is -2.22. The predicted molar refractivity (Wildman–Crippen MR) is 101 cm³/mol. The highest BCUT2D eigenvalue weighted by molar-refractivity contribution is 5.77. The first-order chi connectivity index (χ1) is 12.1. The van der Waals surface area contributed by atoms with E-state index in [1.165, 1.54) is 9.13 Å². The SMILES string of the molecule is Cn1c(=O)n(CCCCC(N)C(=O)OC(C)(C)C)c(=O)c2ccccc21. The van der Waals surface area contributed by atoms with Crippen LogP contribution in [0.5, 0.6) is 0 Å². The average Bonchev–Trinajstić information content (AvgIpc) is 2.57. The van der Waals surface area contributed by atoms with Crippen LogP contribution < -0.4 is 17.0 Å². The summed E-state index contributed by atoms with van der Waals surface area (Å²) in [5.41, 5.74) is 5.27. The van der Waals surface area contributed by atoms with Crippen molar-refractivity contribution in [2.45, 2.75) is 58.2 Å². The first-order valence-corrected chi connectivity index (χ1v) is 8.79. The Morgan fingerprint density at radius 3 is 2.50 bits per heavy atom. The summed E-state index contributed by atoms with van der Waals surface area (Å²) in [7, 11) is 1.65. The van der Waals surface area contributed by atoms with Gasteiger partial charge in [-0.05, 0) is 52.2 Å². The van der Waals surface area contributed by atoms with Gasteiger partial charge in [-0.15, -0.1) is 0 Å². The summed E-state index contributed by atoms with van der Waals surface area (Å²) in [6.45, 7) is 5.66. The van der Waals surface area contributed by atoms with E-state index in [0.29, 0.717) is 30.2 Å². The van der Waals surface area contributed by atoms with Gasteiger partial charge in [0.25, 0.3) is 5.56 Å². The molecule has 0 fully saturated rings. The smallest absolute Gasteiger partial charge is 0.331 e. The summed E-state index contributed by atoms with van der Waals surface area (Å²) < 4.78 is 7.96. The van der Waals surface area contributed by atoms with E-state index in [2.05, 4.69) is 0 Å². The number of unbranched alkanes of at least 4 members (excludes halogenated alkanes) is 1. The van der Waals surface area contributed by atoms with E-state index < -0.39 is 17.6 Å². The molecule has 0 aliphatic carbocycles. The average molecular weight is 361 g/mol. The van der Waals surface area contributed by atoms with Crippen LogP contribution >= 0.6 is 0 Å². The Bertz CT molecular complexity index is 906. The first kappa shape index (κ1) is 19.9. The van der Waals surface area contributed by atoms with Crippen molar-refractivity contribution < 1.29 is 9.53 Å². The lowest BCUT2D eigenvalue weighted by molar-refractivity contribution is -0.156. The summed E-state index contributed by atoms with van der Waals surface area (Å²) in [6.07, 6.45) is 1.63. The van der Waals surface area contributed by atoms with E-state index in [4.69, 9.17) is 10.5 Å². The first-order valence-electron chi connectivity index (χ1n) is 8.79. The highest BCUT2D eigenvalue weighted by atomic mass is 16.6. The molecule has 1 heterocycles. The van der Waals surface area contributed by atoms with Gasteiger partial charge in [-0.1, -0.05) is 12.1 Å². The molecule has 0 spiro atoms. The van der Waals surface area contributed by atoms with Crippen molar-refractivity contribution in [3.63, 3.8) is 0 Å². The van der Waals surface area contributed by atoms with Crippen LogP contribution in [0.4, 0.5) is 0 Å². The quantitative estimate of drug-likeness (QED) is 0.622. The Labute approximate surface area is 152 Å². The topological polar surface area (TPSA) is 96.3 Å². The molecule has 2 aromatic rings. The number of benzene rings is 1. The number of hydrogen-bond donors (Lipinski definition) is 1. The van der Waals surface area contributed by atoms with Gasteiger partial charge in [0.05, 0.1) is 10.9 Å². The van der Waals surface area contributed by atoms with Crippen molar-refractivity contribution in [2.75, 3.05) is 0 Å². The predicted octanol–water partition coefficient (Wildman–Crippen LogP) is 1.54. The number of ether oxygens (including phenoxy) is 1. The fourth-order valence-corrected chi connectivity index (χ4v) is 2.79. The standard InChI is InChI=1S/C19H27N3O4/c1-19(2,3)26-17(24)14(20)10-7-8-12-22-16(23)13-9-5-6-11-15(13)21(4)18(22)25/h5-6,9,11,14H,7-8,10,12,20H2,1-4H3. The molecule has 7 nitrogen and oxygen atoms in total. The van der Waals surface area contributed by atoms with Gasteiger partial charge in [-0.25, -0.2) is 4.79 Å². The number of esters is 1. The highest BCUT2D eigenvalue weighted by Gasteiger charge is 2.21. The molecule has 0 amide bonds. The maximum Gasteiger partial charge on any atom is 0.331 e. The van der Waals surface area contributed by atoms with E-state index >= 15 is 0 Å². The van der Waals surface area contributed by atoms with Crippen LogP contribution in [0.1, 0.15) is 40.0 Å².